The number of nitro groups is 1. The maximum absolute atomic E-state index is 11.0. The minimum Gasteiger partial charge on any atom is -0.486 e. The van der Waals surface area contributed by atoms with Crippen molar-refractivity contribution < 1.29 is 9.66 Å². The van der Waals surface area contributed by atoms with Crippen LogP contribution in [0.3, 0.4) is 0 Å². The van der Waals surface area contributed by atoms with Gasteiger partial charge in [-0.2, -0.15) is 0 Å². The number of halogens is 1. The molecule has 0 saturated heterocycles. The quantitative estimate of drug-likeness (QED) is 0.404. The molecule has 0 bridgehead atoms. The first kappa shape index (κ1) is 16.0. The molecule has 1 atom stereocenters. The van der Waals surface area contributed by atoms with Crippen LogP contribution in [0, 0.1) is 16.0 Å². The molecule has 19 heavy (non-hydrogen) atoms. The largest absolute Gasteiger partial charge is 0.486 e. The van der Waals surface area contributed by atoms with E-state index in [-0.39, 0.29) is 10.6 Å². The van der Waals surface area contributed by atoms with Gasteiger partial charge < -0.3 is 4.74 Å². The first-order valence-corrected chi connectivity index (χ1v) is 7.70. The van der Waals surface area contributed by atoms with E-state index in [9.17, 15) is 10.1 Å². The van der Waals surface area contributed by atoms with Crippen LogP contribution in [0.4, 0.5) is 5.69 Å². The van der Waals surface area contributed by atoms with Crippen molar-refractivity contribution >= 4 is 21.6 Å². The molecule has 0 N–H and O–H groups in total. The molecule has 0 aliphatic rings. The topological polar surface area (TPSA) is 52.4 Å². The Bertz CT molecular complexity index is 423. The number of hydrogen-bond donors (Lipinski definition) is 0. The second-order valence-corrected chi connectivity index (χ2v) is 5.18. The van der Waals surface area contributed by atoms with Crippen molar-refractivity contribution in [1.82, 2.24) is 0 Å². The lowest BCUT2D eigenvalue weighted by molar-refractivity contribution is -0.386. The third kappa shape index (κ3) is 4.82. The Balaban J connectivity index is 2.79. The summed E-state index contributed by atoms with van der Waals surface area (Å²) < 4.78 is 5.63. The third-order valence-electron chi connectivity index (χ3n) is 3.02. The van der Waals surface area contributed by atoms with Gasteiger partial charge in [0, 0.05) is 17.3 Å². The first-order chi connectivity index (χ1) is 9.12. The van der Waals surface area contributed by atoms with Gasteiger partial charge in [0.2, 0.25) is 0 Å². The maximum atomic E-state index is 11.0. The van der Waals surface area contributed by atoms with E-state index in [1.165, 1.54) is 0 Å². The lowest BCUT2D eigenvalue weighted by Crippen LogP contribution is -2.14. The zero-order chi connectivity index (χ0) is 14.3. The molecule has 1 aromatic rings. The van der Waals surface area contributed by atoms with Gasteiger partial charge in [-0.05, 0) is 24.5 Å². The number of nitro benzene ring substituents is 1. The molecule has 0 fully saturated rings. The minimum absolute atomic E-state index is 0.0594. The van der Waals surface area contributed by atoms with E-state index >= 15 is 0 Å². The third-order valence-corrected chi connectivity index (χ3v) is 3.93. The van der Waals surface area contributed by atoms with E-state index in [0.29, 0.717) is 18.3 Å². The molecule has 4 nitrogen and oxygen atoms in total. The molecule has 106 valence electrons. The van der Waals surface area contributed by atoms with Crippen molar-refractivity contribution in [3.8, 4) is 5.75 Å². The molecule has 0 aliphatic carbocycles. The lowest BCUT2D eigenvalue weighted by Gasteiger charge is -2.14. The van der Waals surface area contributed by atoms with Crippen LogP contribution in [0.5, 0.6) is 5.75 Å². The fourth-order valence-electron chi connectivity index (χ4n) is 1.87. The Morgan fingerprint density at radius 3 is 2.68 bits per heavy atom. The minimum atomic E-state index is -0.378. The molecule has 0 spiro atoms. The molecule has 0 aliphatic heterocycles. The van der Waals surface area contributed by atoms with Gasteiger partial charge in [-0.3, -0.25) is 10.1 Å². The van der Waals surface area contributed by atoms with Gasteiger partial charge in [0.05, 0.1) is 11.5 Å². The van der Waals surface area contributed by atoms with Crippen molar-refractivity contribution in [1.29, 1.82) is 0 Å². The highest BCUT2D eigenvalue weighted by Gasteiger charge is 2.17. The lowest BCUT2D eigenvalue weighted by atomic mass is 10.1. The zero-order valence-electron chi connectivity index (χ0n) is 11.4. The van der Waals surface area contributed by atoms with Crippen molar-refractivity contribution in [2.24, 2.45) is 5.92 Å². The van der Waals surface area contributed by atoms with Crippen molar-refractivity contribution in [3.63, 3.8) is 0 Å². The molecule has 0 saturated carbocycles. The van der Waals surface area contributed by atoms with E-state index in [0.717, 1.165) is 30.2 Å². The van der Waals surface area contributed by atoms with Gasteiger partial charge in [0.25, 0.3) is 0 Å². The van der Waals surface area contributed by atoms with Gasteiger partial charge in [-0.15, -0.1) is 0 Å². The maximum Gasteiger partial charge on any atom is 0.311 e. The summed E-state index contributed by atoms with van der Waals surface area (Å²) in [7, 11) is 0. The Morgan fingerprint density at radius 1 is 1.42 bits per heavy atom. The van der Waals surface area contributed by atoms with E-state index in [1.807, 2.05) is 13.0 Å². The molecule has 0 radical (unpaired) electrons. The standard InChI is InChI=1S/C14H20BrNO3/c1-3-5-12(9-15)10-19-14-7-6-11(4-2)8-13(14)16(17)18/h6-8,12H,3-5,9-10H2,1-2H3. The average molecular weight is 330 g/mol. The van der Waals surface area contributed by atoms with E-state index in [2.05, 4.69) is 22.9 Å². The van der Waals surface area contributed by atoms with Crippen LogP contribution < -0.4 is 4.74 Å². The van der Waals surface area contributed by atoms with Crippen LogP contribution in [0.1, 0.15) is 32.3 Å². The summed E-state index contributed by atoms with van der Waals surface area (Å²) in [6, 6.07) is 5.18. The normalized spacial score (nSPS) is 12.2. The number of benzene rings is 1. The Morgan fingerprint density at radius 2 is 2.16 bits per heavy atom. The summed E-state index contributed by atoms with van der Waals surface area (Å²) in [6.07, 6.45) is 2.91. The summed E-state index contributed by atoms with van der Waals surface area (Å²) in [5.41, 5.74) is 1.01. The fraction of sp³-hybridized carbons (Fsp3) is 0.571. The zero-order valence-corrected chi connectivity index (χ0v) is 13.0. The molecule has 1 rings (SSSR count). The Labute approximate surface area is 122 Å². The van der Waals surface area contributed by atoms with Gasteiger partial charge in [0.15, 0.2) is 5.75 Å². The average Bonchev–Trinajstić information content (AvgIpc) is 2.43. The van der Waals surface area contributed by atoms with Crippen molar-refractivity contribution in [2.45, 2.75) is 33.1 Å². The van der Waals surface area contributed by atoms with E-state index in [4.69, 9.17) is 4.74 Å². The SMILES string of the molecule is CCCC(CBr)COc1ccc(CC)cc1[N+](=O)[O-]. The summed E-state index contributed by atoms with van der Waals surface area (Å²) in [5.74, 6) is 0.750. The second-order valence-electron chi connectivity index (χ2n) is 4.53. The van der Waals surface area contributed by atoms with E-state index < -0.39 is 0 Å². The number of rotatable bonds is 8. The molecule has 1 aromatic carbocycles. The van der Waals surface area contributed by atoms with Crippen LogP contribution in [-0.2, 0) is 6.42 Å². The summed E-state index contributed by atoms with van der Waals surface area (Å²) >= 11 is 3.45. The van der Waals surface area contributed by atoms with Gasteiger partial charge in [-0.25, -0.2) is 0 Å². The number of aryl methyl sites for hydroxylation is 1. The highest BCUT2D eigenvalue weighted by molar-refractivity contribution is 9.09. The van der Waals surface area contributed by atoms with E-state index in [1.54, 1.807) is 12.1 Å². The molecule has 1 unspecified atom stereocenters. The van der Waals surface area contributed by atoms with Crippen LogP contribution in [0.15, 0.2) is 18.2 Å². The molecule has 0 amide bonds. The Hall–Kier alpha value is -1.10. The van der Waals surface area contributed by atoms with Crippen LogP contribution in [-0.4, -0.2) is 16.9 Å². The predicted molar refractivity (Wildman–Crippen MR) is 80.2 cm³/mol. The highest BCUT2D eigenvalue weighted by atomic mass is 79.9. The summed E-state index contributed by atoms with van der Waals surface area (Å²) in [4.78, 5) is 10.7. The number of alkyl halides is 1. The summed E-state index contributed by atoms with van der Waals surface area (Å²) in [6.45, 7) is 4.60. The molecule has 0 heterocycles. The van der Waals surface area contributed by atoms with Crippen molar-refractivity contribution in [2.75, 3.05) is 11.9 Å². The van der Waals surface area contributed by atoms with Gasteiger partial charge >= 0.3 is 5.69 Å². The van der Waals surface area contributed by atoms with Crippen LogP contribution >= 0.6 is 15.9 Å². The smallest absolute Gasteiger partial charge is 0.311 e. The fourth-order valence-corrected chi connectivity index (χ4v) is 2.38. The predicted octanol–water partition coefficient (Wildman–Crippen LogP) is 4.35. The summed E-state index contributed by atoms with van der Waals surface area (Å²) in [5, 5.41) is 11.9. The van der Waals surface area contributed by atoms with Crippen molar-refractivity contribution in [3.05, 3.63) is 33.9 Å². The van der Waals surface area contributed by atoms with Crippen LogP contribution in [0.25, 0.3) is 0 Å². The Kier molecular flexibility index (Phi) is 6.84. The second kappa shape index (κ2) is 8.15. The molecule has 5 heteroatoms. The number of nitrogens with zero attached hydrogens (tertiary/aromatic N) is 1. The first-order valence-electron chi connectivity index (χ1n) is 6.58. The number of hydrogen-bond acceptors (Lipinski definition) is 3. The highest BCUT2D eigenvalue weighted by Crippen LogP contribution is 2.29. The molecular formula is C14H20BrNO3. The number of ether oxygens (including phenoxy) is 1. The van der Waals surface area contributed by atoms with Crippen LogP contribution in [0.2, 0.25) is 0 Å². The molecular weight excluding hydrogens is 310 g/mol. The van der Waals surface area contributed by atoms with Gasteiger partial charge in [0.1, 0.15) is 0 Å². The van der Waals surface area contributed by atoms with Gasteiger partial charge in [-0.1, -0.05) is 42.3 Å². The monoisotopic (exact) mass is 329 g/mol. The molecule has 0 aromatic heterocycles.